The van der Waals surface area contributed by atoms with Gasteiger partial charge >= 0.3 is 0 Å². The van der Waals surface area contributed by atoms with Gasteiger partial charge in [-0.15, -0.1) is 0 Å². The van der Waals surface area contributed by atoms with E-state index in [0.717, 1.165) is 10.0 Å². The van der Waals surface area contributed by atoms with Crippen molar-refractivity contribution in [2.75, 3.05) is 19.8 Å². The zero-order chi connectivity index (χ0) is 14.2. The van der Waals surface area contributed by atoms with Crippen LogP contribution in [0.2, 0.25) is 0 Å². The smallest absolute Gasteiger partial charge is 0.181 e. The zero-order valence-electron chi connectivity index (χ0n) is 11.5. The van der Waals surface area contributed by atoms with Gasteiger partial charge in [0, 0.05) is 4.47 Å². The Morgan fingerprint density at radius 2 is 2.00 bits per heavy atom. The summed E-state index contributed by atoms with van der Waals surface area (Å²) in [4.78, 5) is 0. The van der Waals surface area contributed by atoms with E-state index in [1.165, 1.54) is 0 Å². The number of hydrogen-bond donors (Lipinski definition) is 0. The first-order chi connectivity index (χ1) is 9.79. The Kier molecular flexibility index (Phi) is 6.47. The second kappa shape index (κ2) is 8.37. The molecular weight excluding hydrogens is 320 g/mol. The summed E-state index contributed by atoms with van der Waals surface area (Å²) in [6.07, 6.45) is 7.54. The fourth-order valence-corrected chi connectivity index (χ4v) is 2.12. The minimum Gasteiger partial charge on any atom is -0.366 e. The summed E-state index contributed by atoms with van der Waals surface area (Å²) in [5, 5.41) is 0. The molecule has 0 unspecified atom stereocenters. The van der Waals surface area contributed by atoms with Gasteiger partial charge < -0.3 is 14.2 Å². The van der Waals surface area contributed by atoms with Gasteiger partial charge in [0.25, 0.3) is 0 Å². The largest absolute Gasteiger partial charge is 0.366 e. The Bertz CT molecular complexity index is 445. The molecule has 1 heterocycles. The van der Waals surface area contributed by atoms with Crippen molar-refractivity contribution in [2.45, 2.75) is 19.3 Å². The van der Waals surface area contributed by atoms with E-state index in [0.29, 0.717) is 19.8 Å². The first-order valence-corrected chi connectivity index (χ1v) is 7.47. The van der Waals surface area contributed by atoms with Crippen LogP contribution in [-0.2, 0) is 14.2 Å². The second-order valence-electron chi connectivity index (χ2n) is 4.42. The van der Waals surface area contributed by atoms with Crippen LogP contribution in [-0.4, -0.2) is 26.1 Å². The Balaban J connectivity index is 1.73. The van der Waals surface area contributed by atoms with Gasteiger partial charge in [0.05, 0.1) is 19.8 Å². The molecule has 2 atom stereocenters. The highest BCUT2D eigenvalue weighted by atomic mass is 79.9. The van der Waals surface area contributed by atoms with Crippen molar-refractivity contribution in [1.29, 1.82) is 0 Å². The predicted octanol–water partition coefficient (Wildman–Crippen LogP) is 4.01. The number of rotatable bonds is 5. The first kappa shape index (κ1) is 15.4. The second-order valence-corrected chi connectivity index (χ2v) is 5.34. The van der Waals surface area contributed by atoms with E-state index in [1.54, 1.807) is 0 Å². The van der Waals surface area contributed by atoms with Crippen LogP contribution < -0.4 is 0 Å². The van der Waals surface area contributed by atoms with Gasteiger partial charge in [-0.3, -0.25) is 0 Å². The van der Waals surface area contributed by atoms with Gasteiger partial charge in [-0.1, -0.05) is 52.4 Å². The molecule has 108 valence electrons. The standard InChI is InChI=1S/C16H19BrO3/c1-2-3-4-5-10-18-16-12-19-15(11-20-16)13-6-8-14(17)9-7-13/h2-9,15-16H,10-12H2,1H3/b3-2+,5-4+/t15-,16+/m1/s1. The van der Waals surface area contributed by atoms with Gasteiger partial charge in [-0.25, -0.2) is 0 Å². The molecule has 0 saturated carbocycles. The van der Waals surface area contributed by atoms with Crippen LogP contribution in [0.15, 0.2) is 53.0 Å². The third-order valence-electron chi connectivity index (χ3n) is 2.93. The molecule has 1 aliphatic heterocycles. The van der Waals surface area contributed by atoms with Crippen molar-refractivity contribution < 1.29 is 14.2 Å². The molecule has 1 aromatic rings. The quantitative estimate of drug-likeness (QED) is 0.759. The lowest BCUT2D eigenvalue weighted by Gasteiger charge is -2.29. The van der Waals surface area contributed by atoms with Crippen molar-refractivity contribution in [2.24, 2.45) is 0 Å². The van der Waals surface area contributed by atoms with Gasteiger partial charge in [0.15, 0.2) is 6.29 Å². The maximum absolute atomic E-state index is 5.79. The molecular formula is C16H19BrO3. The summed E-state index contributed by atoms with van der Waals surface area (Å²) < 4.78 is 18.1. The summed E-state index contributed by atoms with van der Waals surface area (Å²) in [5.74, 6) is 0. The predicted molar refractivity (Wildman–Crippen MR) is 82.5 cm³/mol. The lowest BCUT2D eigenvalue weighted by Crippen LogP contribution is -2.33. The van der Waals surface area contributed by atoms with Crippen LogP contribution in [0, 0.1) is 0 Å². The van der Waals surface area contributed by atoms with Gasteiger partial charge in [0.2, 0.25) is 0 Å². The van der Waals surface area contributed by atoms with Gasteiger partial charge in [0.1, 0.15) is 6.10 Å². The SMILES string of the molecule is C/C=C/C=C/CO[C@@H]1CO[C@@H](c2ccc(Br)cc2)CO1. The van der Waals surface area contributed by atoms with Crippen molar-refractivity contribution in [3.05, 3.63) is 58.6 Å². The highest BCUT2D eigenvalue weighted by Gasteiger charge is 2.23. The molecule has 0 N–H and O–H groups in total. The molecule has 4 heteroatoms. The minimum absolute atomic E-state index is 0.0125. The minimum atomic E-state index is -0.281. The first-order valence-electron chi connectivity index (χ1n) is 6.67. The Morgan fingerprint density at radius 3 is 2.65 bits per heavy atom. The van der Waals surface area contributed by atoms with E-state index in [-0.39, 0.29) is 12.4 Å². The number of hydrogen-bond acceptors (Lipinski definition) is 3. The zero-order valence-corrected chi connectivity index (χ0v) is 13.1. The fraction of sp³-hybridized carbons (Fsp3) is 0.375. The van der Waals surface area contributed by atoms with Crippen molar-refractivity contribution in [3.63, 3.8) is 0 Å². The highest BCUT2D eigenvalue weighted by Crippen LogP contribution is 2.24. The van der Waals surface area contributed by atoms with Crippen molar-refractivity contribution >= 4 is 15.9 Å². The Morgan fingerprint density at radius 1 is 1.20 bits per heavy atom. The topological polar surface area (TPSA) is 27.7 Å². The molecule has 1 fully saturated rings. The van der Waals surface area contributed by atoms with Crippen LogP contribution in [0.1, 0.15) is 18.6 Å². The summed E-state index contributed by atoms with van der Waals surface area (Å²) in [6.45, 7) is 3.48. The van der Waals surface area contributed by atoms with E-state index in [4.69, 9.17) is 14.2 Å². The van der Waals surface area contributed by atoms with Gasteiger partial charge in [-0.2, -0.15) is 0 Å². The number of allylic oxidation sites excluding steroid dienone is 3. The summed E-state index contributed by atoms with van der Waals surface area (Å²) >= 11 is 3.42. The van der Waals surface area contributed by atoms with Crippen LogP contribution in [0.3, 0.4) is 0 Å². The van der Waals surface area contributed by atoms with Crippen LogP contribution in [0.25, 0.3) is 0 Å². The number of ether oxygens (including phenoxy) is 3. The molecule has 2 rings (SSSR count). The van der Waals surface area contributed by atoms with E-state index in [2.05, 4.69) is 15.9 Å². The Labute approximate surface area is 128 Å². The maximum Gasteiger partial charge on any atom is 0.181 e. The third-order valence-corrected chi connectivity index (χ3v) is 3.46. The summed E-state index contributed by atoms with van der Waals surface area (Å²) in [5.41, 5.74) is 1.12. The Hall–Kier alpha value is -0.940. The molecule has 0 radical (unpaired) electrons. The fourth-order valence-electron chi connectivity index (χ4n) is 1.86. The number of benzene rings is 1. The molecule has 1 aromatic carbocycles. The third kappa shape index (κ3) is 4.87. The number of halogens is 1. The molecule has 0 spiro atoms. The van der Waals surface area contributed by atoms with E-state index in [9.17, 15) is 0 Å². The van der Waals surface area contributed by atoms with E-state index >= 15 is 0 Å². The van der Waals surface area contributed by atoms with Crippen molar-refractivity contribution in [1.82, 2.24) is 0 Å². The van der Waals surface area contributed by atoms with Gasteiger partial charge in [-0.05, 0) is 24.6 Å². The van der Waals surface area contributed by atoms with Crippen LogP contribution in [0.4, 0.5) is 0 Å². The monoisotopic (exact) mass is 338 g/mol. The lowest BCUT2D eigenvalue weighted by molar-refractivity contribution is -0.232. The van der Waals surface area contributed by atoms with Crippen LogP contribution >= 0.6 is 15.9 Å². The summed E-state index contributed by atoms with van der Waals surface area (Å²) in [7, 11) is 0. The van der Waals surface area contributed by atoms with E-state index in [1.807, 2.05) is 55.5 Å². The van der Waals surface area contributed by atoms with E-state index < -0.39 is 0 Å². The van der Waals surface area contributed by atoms with Crippen LogP contribution in [0.5, 0.6) is 0 Å². The normalized spacial score (nSPS) is 23.7. The molecule has 0 aromatic heterocycles. The highest BCUT2D eigenvalue weighted by molar-refractivity contribution is 9.10. The molecule has 0 amide bonds. The lowest BCUT2D eigenvalue weighted by atomic mass is 10.1. The maximum atomic E-state index is 5.79. The average Bonchev–Trinajstić information content (AvgIpc) is 2.49. The molecule has 3 nitrogen and oxygen atoms in total. The molecule has 0 aliphatic carbocycles. The summed E-state index contributed by atoms with van der Waals surface area (Å²) in [6, 6.07) is 8.10. The molecule has 0 bridgehead atoms. The molecule has 1 saturated heterocycles. The average molecular weight is 339 g/mol. The molecule has 20 heavy (non-hydrogen) atoms. The van der Waals surface area contributed by atoms with Crippen molar-refractivity contribution in [3.8, 4) is 0 Å². The molecule has 1 aliphatic rings.